The fourth-order valence-corrected chi connectivity index (χ4v) is 3.92. The summed E-state index contributed by atoms with van der Waals surface area (Å²) in [5, 5.41) is 1.60. The van der Waals surface area contributed by atoms with Gasteiger partial charge in [-0.15, -0.1) is 0 Å². The Kier molecular flexibility index (Phi) is 3.08. The zero-order chi connectivity index (χ0) is 16.1. The van der Waals surface area contributed by atoms with Gasteiger partial charge in [0.1, 0.15) is 5.70 Å². The van der Waals surface area contributed by atoms with Crippen LogP contribution in [0.4, 0.5) is 4.79 Å². The smallest absolute Gasteiger partial charge is 0.359 e. The van der Waals surface area contributed by atoms with Crippen molar-refractivity contribution in [3.05, 3.63) is 46.5 Å². The van der Waals surface area contributed by atoms with Crippen LogP contribution in [0.25, 0.3) is 0 Å². The second-order valence-electron chi connectivity index (χ2n) is 5.13. The molecule has 0 N–H and O–H groups in total. The molecule has 7 nitrogen and oxygen atoms in total. The molecule has 0 saturated carbocycles. The number of amides is 2. The number of hydrogen-bond acceptors (Lipinski definition) is 6. The van der Waals surface area contributed by atoms with Crippen LogP contribution in [-0.2, 0) is 14.3 Å². The first-order valence-electron chi connectivity index (χ1n) is 7.08. The lowest BCUT2D eigenvalue weighted by atomic mass is 10.1. The van der Waals surface area contributed by atoms with Gasteiger partial charge in [-0.25, -0.2) is 14.4 Å². The predicted octanol–water partition coefficient (Wildman–Crippen LogP) is 2.03. The molecule has 2 amide bonds. The number of thioether (sulfide) groups is 1. The molecule has 0 radical (unpaired) electrons. The van der Waals surface area contributed by atoms with Crippen molar-refractivity contribution in [3.63, 3.8) is 0 Å². The van der Waals surface area contributed by atoms with Gasteiger partial charge in [0.05, 0.1) is 5.56 Å². The first-order chi connectivity index (χ1) is 11.1. The summed E-state index contributed by atoms with van der Waals surface area (Å²) in [5.41, 5.74) is 0.887. The number of hydrogen-bond donors (Lipinski definition) is 0. The Balaban J connectivity index is 1.50. The molecular weight excluding hydrogens is 320 g/mol. The van der Waals surface area contributed by atoms with Crippen LogP contribution in [0.5, 0.6) is 0 Å². The van der Waals surface area contributed by atoms with Crippen LogP contribution in [0.1, 0.15) is 29.1 Å². The molecule has 4 rings (SSSR count). The van der Waals surface area contributed by atoms with Crippen LogP contribution in [-0.4, -0.2) is 39.8 Å². The van der Waals surface area contributed by atoms with Gasteiger partial charge in [-0.1, -0.05) is 30.0 Å². The minimum Gasteiger partial charge on any atom is -0.417 e. The molecule has 0 bridgehead atoms. The third-order valence-corrected chi connectivity index (χ3v) is 4.98. The maximum atomic E-state index is 12.3. The molecule has 0 spiro atoms. The maximum Gasteiger partial charge on any atom is 0.359 e. The van der Waals surface area contributed by atoms with E-state index in [-0.39, 0.29) is 17.2 Å². The highest BCUT2D eigenvalue weighted by molar-refractivity contribution is 8.03. The van der Waals surface area contributed by atoms with Crippen LogP contribution in [0.15, 0.2) is 35.4 Å². The fourth-order valence-electron chi connectivity index (χ4n) is 2.74. The van der Waals surface area contributed by atoms with E-state index in [0.29, 0.717) is 17.7 Å². The van der Waals surface area contributed by atoms with Crippen molar-refractivity contribution >= 4 is 29.7 Å². The van der Waals surface area contributed by atoms with Crippen LogP contribution in [0, 0.1) is 0 Å². The number of rotatable bonds is 3. The number of cyclic esters (lactones) is 1. The Morgan fingerprint density at radius 1 is 1.35 bits per heavy atom. The second kappa shape index (κ2) is 5.02. The number of fused-ring (bicyclic) bond motifs is 2. The number of urea groups is 1. The minimum atomic E-state index is -1.07. The molecular formula is C15H12N2O5S. The highest BCUT2D eigenvalue weighted by Gasteiger charge is 2.51. The largest absolute Gasteiger partial charge is 0.417 e. The number of esters is 2. The summed E-state index contributed by atoms with van der Waals surface area (Å²) in [6, 6.07) is 6.51. The van der Waals surface area contributed by atoms with Crippen molar-refractivity contribution in [3.8, 4) is 0 Å². The monoisotopic (exact) mass is 332 g/mol. The lowest BCUT2D eigenvalue weighted by molar-refractivity contribution is -0.165. The van der Waals surface area contributed by atoms with Crippen molar-refractivity contribution < 1.29 is 23.9 Å². The third-order valence-electron chi connectivity index (χ3n) is 3.91. The fraction of sp³-hybridized carbons (Fsp3) is 0.267. The molecule has 118 valence electrons. The molecule has 23 heavy (non-hydrogen) atoms. The van der Waals surface area contributed by atoms with E-state index in [1.165, 1.54) is 16.7 Å². The molecule has 2 atom stereocenters. The second-order valence-corrected chi connectivity index (χ2v) is 6.06. The van der Waals surface area contributed by atoms with Gasteiger partial charge in [0, 0.05) is 17.5 Å². The zero-order valence-electron chi connectivity index (χ0n) is 12.1. The molecule has 3 aliphatic rings. The molecule has 0 aromatic heterocycles. The molecule has 3 heterocycles. The average Bonchev–Trinajstić information content (AvgIpc) is 3.08. The van der Waals surface area contributed by atoms with Gasteiger partial charge in [0.15, 0.2) is 5.50 Å². The van der Waals surface area contributed by atoms with Gasteiger partial charge in [0.2, 0.25) is 0 Å². The number of carbonyl (C=O) groups is 3. The number of ether oxygens (including phenoxy) is 2. The summed E-state index contributed by atoms with van der Waals surface area (Å²) >= 11 is 1.37. The molecule has 1 unspecified atom stereocenters. The van der Waals surface area contributed by atoms with Gasteiger partial charge in [-0.05, 0) is 13.0 Å². The van der Waals surface area contributed by atoms with Crippen LogP contribution in [0.3, 0.4) is 0 Å². The summed E-state index contributed by atoms with van der Waals surface area (Å²) in [5.74, 6) is -1.21. The highest BCUT2D eigenvalue weighted by Crippen LogP contribution is 2.42. The summed E-state index contributed by atoms with van der Waals surface area (Å²) in [4.78, 5) is 39.1. The van der Waals surface area contributed by atoms with Crippen LogP contribution < -0.4 is 0 Å². The van der Waals surface area contributed by atoms with Crippen LogP contribution >= 0.6 is 11.8 Å². The Labute approximate surface area is 135 Å². The van der Waals surface area contributed by atoms with Crippen molar-refractivity contribution in [2.24, 2.45) is 0 Å². The van der Waals surface area contributed by atoms with Crippen molar-refractivity contribution in [1.82, 2.24) is 9.80 Å². The molecule has 8 heteroatoms. The Bertz CT molecular complexity index is 762. The standard InChI is InChI=1S/C15H12N2O5S/c1-2-16-14(20)17-10(7-23-15(16)17)12(19)22-13-9-6-4-3-5-8(9)11(18)21-13/h3-7,13,15H,2H2,1H3/t13?,15-/m0/s1. The van der Waals surface area contributed by atoms with Crippen molar-refractivity contribution in [1.29, 1.82) is 0 Å². The minimum absolute atomic E-state index is 0.176. The maximum absolute atomic E-state index is 12.3. The number of benzene rings is 1. The quantitative estimate of drug-likeness (QED) is 0.788. The Morgan fingerprint density at radius 3 is 2.91 bits per heavy atom. The van der Waals surface area contributed by atoms with Crippen LogP contribution in [0.2, 0.25) is 0 Å². The first-order valence-corrected chi connectivity index (χ1v) is 8.02. The van der Waals surface area contributed by atoms with E-state index in [9.17, 15) is 14.4 Å². The van der Waals surface area contributed by atoms with Gasteiger partial charge < -0.3 is 9.47 Å². The normalized spacial score (nSPS) is 24.7. The van der Waals surface area contributed by atoms with E-state index in [4.69, 9.17) is 9.47 Å². The summed E-state index contributed by atoms with van der Waals surface area (Å²) < 4.78 is 10.4. The zero-order valence-corrected chi connectivity index (χ0v) is 12.9. The lowest BCUT2D eigenvalue weighted by Gasteiger charge is -2.45. The highest BCUT2D eigenvalue weighted by atomic mass is 32.2. The molecule has 1 aromatic rings. The SMILES string of the molecule is CCN1C(=O)N2C(C(=O)OC3OC(=O)c4ccccc43)=CS[C@@H]12. The van der Waals surface area contributed by atoms with Gasteiger partial charge >= 0.3 is 18.0 Å². The summed E-state index contributed by atoms with van der Waals surface area (Å²) in [6.07, 6.45) is -1.07. The first kappa shape index (κ1) is 14.1. The van der Waals surface area contributed by atoms with E-state index in [1.807, 2.05) is 6.92 Å². The number of carbonyl (C=O) groups excluding carboxylic acids is 3. The van der Waals surface area contributed by atoms with Gasteiger partial charge in [-0.2, -0.15) is 0 Å². The van der Waals surface area contributed by atoms with E-state index in [1.54, 1.807) is 34.6 Å². The molecule has 1 fully saturated rings. The van der Waals surface area contributed by atoms with Crippen molar-refractivity contribution in [2.45, 2.75) is 18.7 Å². The molecule has 3 aliphatic heterocycles. The Morgan fingerprint density at radius 2 is 2.13 bits per heavy atom. The number of nitrogens with zero attached hydrogens (tertiary/aromatic N) is 2. The molecule has 1 saturated heterocycles. The van der Waals surface area contributed by atoms with Crippen molar-refractivity contribution in [2.75, 3.05) is 6.54 Å². The summed E-state index contributed by atoms with van der Waals surface area (Å²) in [6.45, 7) is 2.46. The topological polar surface area (TPSA) is 76.2 Å². The van der Waals surface area contributed by atoms with E-state index >= 15 is 0 Å². The predicted molar refractivity (Wildman–Crippen MR) is 79.8 cm³/mol. The molecule has 1 aromatic carbocycles. The van der Waals surface area contributed by atoms with Gasteiger partial charge in [0.25, 0.3) is 6.29 Å². The lowest BCUT2D eigenvalue weighted by Crippen LogP contribution is -2.64. The van der Waals surface area contributed by atoms with E-state index < -0.39 is 18.2 Å². The Hall–Kier alpha value is -2.48. The third kappa shape index (κ3) is 1.94. The van der Waals surface area contributed by atoms with E-state index in [0.717, 1.165) is 0 Å². The van der Waals surface area contributed by atoms with Gasteiger partial charge in [-0.3, -0.25) is 9.80 Å². The molecule has 0 aliphatic carbocycles. The van der Waals surface area contributed by atoms with E-state index in [2.05, 4.69) is 0 Å². The average molecular weight is 332 g/mol. The summed E-state index contributed by atoms with van der Waals surface area (Å²) in [7, 11) is 0.